The van der Waals surface area contributed by atoms with Gasteiger partial charge < -0.3 is 4.74 Å². The number of hydrogen-bond donors (Lipinski definition) is 0. The van der Waals surface area contributed by atoms with Gasteiger partial charge in [0.15, 0.2) is 0 Å². The molecule has 2 rings (SSSR count). The number of carbonyl (C=O) groups is 1. The van der Waals surface area contributed by atoms with Crippen LogP contribution in [0.5, 0.6) is 5.75 Å². The van der Waals surface area contributed by atoms with Crippen LogP contribution in [0.1, 0.15) is 27.7 Å². The summed E-state index contributed by atoms with van der Waals surface area (Å²) < 4.78 is 5.34. The Labute approximate surface area is 115 Å². The molecule has 0 spiro atoms. The fraction of sp³-hybridized carbons (Fsp3) is 0.214. The van der Waals surface area contributed by atoms with Crippen LogP contribution in [-0.4, -0.2) is 12.4 Å². The van der Waals surface area contributed by atoms with Gasteiger partial charge >= 0.3 is 0 Å². The zero-order valence-corrected chi connectivity index (χ0v) is 11.8. The molecule has 0 saturated carbocycles. The van der Waals surface area contributed by atoms with Crippen LogP contribution in [0, 0.1) is 6.92 Å². The molecule has 0 N–H and O–H groups in total. The van der Waals surface area contributed by atoms with Crippen LogP contribution in [0.4, 0.5) is 0 Å². The summed E-state index contributed by atoms with van der Waals surface area (Å²) in [5, 5.41) is 2.45. The molecule has 0 saturated heterocycles. The van der Waals surface area contributed by atoms with Crippen molar-refractivity contribution in [2.75, 3.05) is 6.61 Å². The molecular weight excluding hydrogens is 268 g/mol. The lowest BCUT2D eigenvalue weighted by atomic mass is 10.1. The lowest BCUT2D eigenvalue weighted by Gasteiger charge is -2.04. The van der Waals surface area contributed by atoms with Crippen molar-refractivity contribution in [3.63, 3.8) is 0 Å². The first-order valence-electron chi connectivity index (χ1n) is 5.64. The molecule has 1 aromatic carbocycles. The number of carbonyl (C=O) groups excluding carboxylic acids is 1. The number of halogens is 1. The summed E-state index contributed by atoms with van der Waals surface area (Å²) in [5.41, 5.74) is 1.57. The topological polar surface area (TPSA) is 26.3 Å². The first-order valence-corrected chi connectivity index (χ1v) is 6.90. The molecule has 94 valence electrons. The van der Waals surface area contributed by atoms with Gasteiger partial charge in [-0.2, -0.15) is 0 Å². The van der Waals surface area contributed by atoms with E-state index in [1.165, 1.54) is 11.3 Å². The van der Waals surface area contributed by atoms with E-state index in [4.69, 9.17) is 16.3 Å². The molecule has 0 atom stereocenters. The third-order valence-corrected chi connectivity index (χ3v) is 4.23. The Morgan fingerprint density at radius 2 is 2.00 bits per heavy atom. The molecule has 0 aliphatic carbocycles. The van der Waals surface area contributed by atoms with Gasteiger partial charge in [-0.15, -0.1) is 11.3 Å². The lowest BCUT2D eigenvalue weighted by molar-refractivity contribution is 0.104. The number of thiophene rings is 1. The Morgan fingerprint density at radius 1 is 1.33 bits per heavy atom. The highest BCUT2D eigenvalue weighted by Crippen LogP contribution is 2.29. The van der Waals surface area contributed by atoms with E-state index >= 15 is 0 Å². The number of aryl methyl sites for hydroxylation is 1. The summed E-state index contributed by atoms with van der Waals surface area (Å²) in [6, 6.07) is 7.12. The second kappa shape index (κ2) is 5.55. The molecule has 0 bridgehead atoms. The SMILES string of the molecule is CCOc1ccc(C(=O)c2scc(C)c2Cl)cc1. The summed E-state index contributed by atoms with van der Waals surface area (Å²) in [6.07, 6.45) is 0. The summed E-state index contributed by atoms with van der Waals surface area (Å²) in [7, 11) is 0. The van der Waals surface area contributed by atoms with E-state index in [0.29, 0.717) is 22.1 Å². The molecule has 2 aromatic rings. The van der Waals surface area contributed by atoms with Gasteiger partial charge in [0.25, 0.3) is 0 Å². The molecule has 0 fully saturated rings. The van der Waals surface area contributed by atoms with Crippen molar-refractivity contribution in [3.05, 3.63) is 50.7 Å². The molecule has 1 aromatic heterocycles. The molecule has 2 nitrogen and oxygen atoms in total. The van der Waals surface area contributed by atoms with Gasteiger partial charge in [0.1, 0.15) is 5.75 Å². The Kier molecular flexibility index (Phi) is 4.04. The van der Waals surface area contributed by atoms with E-state index in [9.17, 15) is 4.79 Å². The number of rotatable bonds is 4. The fourth-order valence-electron chi connectivity index (χ4n) is 1.58. The predicted molar refractivity (Wildman–Crippen MR) is 75.1 cm³/mol. The van der Waals surface area contributed by atoms with Crippen molar-refractivity contribution in [3.8, 4) is 5.75 Å². The zero-order chi connectivity index (χ0) is 13.1. The normalized spacial score (nSPS) is 10.4. The second-order valence-electron chi connectivity index (χ2n) is 3.85. The maximum absolute atomic E-state index is 12.2. The molecular formula is C14H13ClO2S. The molecule has 4 heteroatoms. The Balaban J connectivity index is 2.26. The maximum Gasteiger partial charge on any atom is 0.204 e. The van der Waals surface area contributed by atoms with Crippen LogP contribution < -0.4 is 4.74 Å². The maximum atomic E-state index is 12.2. The summed E-state index contributed by atoms with van der Waals surface area (Å²) in [6.45, 7) is 4.43. The Bertz CT molecular complexity index is 558. The average Bonchev–Trinajstić information content (AvgIpc) is 2.71. The minimum atomic E-state index is -0.0406. The van der Waals surface area contributed by atoms with Crippen LogP contribution in [0.25, 0.3) is 0 Å². The third kappa shape index (κ3) is 2.57. The van der Waals surface area contributed by atoms with Gasteiger partial charge in [-0.3, -0.25) is 4.79 Å². The van der Waals surface area contributed by atoms with E-state index in [1.807, 2.05) is 19.2 Å². The molecule has 0 amide bonds. The monoisotopic (exact) mass is 280 g/mol. The van der Waals surface area contributed by atoms with E-state index in [1.54, 1.807) is 24.3 Å². The number of hydrogen-bond acceptors (Lipinski definition) is 3. The Morgan fingerprint density at radius 3 is 2.50 bits per heavy atom. The van der Waals surface area contributed by atoms with Gasteiger partial charge in [0.05, 0.1) is 16.5 Å². The minimum absolute atomic E-state index is 0.0406. The van der Waals surface area contributed by atoms with Crippen molar-refractivity contribution in [1.82, 2.24) is 0 Å². The first kappa shape index (κ1) is 13.1. The molecule has 0 aliphatic heterocycles. The standard InChI is InChI=1S/C14H13ClO2S/c1-3-17-11-6-4-10(5-7-11)13(16)14-12(15)9(2)8-18-14/h4-8H,3H2,1-2H3. The highest BCUT2D eigenvalue weighted by molar-refractivity contribution is 7.13. The fourth-order valence-corrected chi connectivity index (χ4v) is 2.82. The van der Waals surface area contributed by atoms with Crippen LogP contribution in [0.2, 0.25) is 5.02 Å². The van der Waals surface area contributed by atoms with Crippen molar-refractivity contribution >= 4 is 28.7 Å². The number of ether oxygens (including phenoxy) is 1. The Hall–Kier alpha value is -1.32. The molecule has 0 radical (unpaired) electrons. The van der Waals surface area contributed by atoms with Gasteiger partial charge in [0.2, 0.25) is 5.78 Å². The van der Waals surface area contributed by atoms with Crippen molar-refractivity contribution in [2.45, 2.75) is 13.8 Å². The summed E-state index contributed by atoms with van der Waals surface area (Å²) in [4.78, 5) is 12.8. The van der Waals surface area contributed by atoms with E-state index in [-0.39, 0.29) is 5.78 Å². The molecule has 18 heavy (non-hydrogen) atoms. The third-order valence-electron chi connectivity index (χ3n) is 2.53. The van der Waals surface area contributed by atoms with Crippen LogP contribution in [0.15, 0.2) is 29.6 Å². The largest absolute Gasteiger partial charge is 0.494 e. The van der Waals surface area contributed by atoms with E-state index in [0.717, 1.165) is 11.3 Å². The van der Waals surface area contributed by atoms with Gasteiger partial charge in [-0.05, 0) is 49.1 Å². The second-order valence-corrected chi connectivity index (χ2v) is 5.11. The predicted octanol–water partition coefficient (Wildman–Crippen LogP) is 4.34. The summed E-state index contributed by atoms with van der Waals surface area (Å²) >= 11 is 7.48. The quantitative estimate of drug-likeness (QED) is 0.779. The van der Waals surface area contributed by atoms with Crippen molar-refractivity contribution in [1.29, 1.82) is 0 Å². The van der Waals surface area contributed by atoms with E-state index < -0.39 is 0 Å². The van der Waals surface area contributed by atoms with E-state index in [2.05, 4.69) is 0 Å². The smallest absolute Gasteiger partial charge is 0.204 e. The number of benzene rings is 1. The molecule has 0 aliphatic rings. The van der Waals surface area contributed by atoms with Gasteiger partial charge in [0, 0.05) is 5.56 Å². The van der Waals surface area contributed by atoms with Crippen LogP contribution in [-0.2, 0) is 0 Å². The molecule has 1 heterocycles. The first-order chi connectivity index (χ1) is 8.63. The van der Waals surface area contributed by atoms with Gasteiger partial charge in [-0.25, -0.2) is 0 Å². The highest BCUT2D eigenvalue weighted by Gasteiger charge is 2.16. The van der Waals surface area contributed by atoms with Crippen LogP contribution >= 0.6 is 22.9 Å². The van der Waals surface area contributed by atoms with Crippen molar-refractivity contribution in [2.24, 2.45) is 0 Å². The summed E-state index contributed by atoms with van der Waals surface area (Å²) in [5.74, 6) is 0.726. The minimum Gasteiger partial charge on any atom is -0.494 e. The lowest BCUT2D eigenvalue weighted by Crippen LogP contribution is -2.00. The number of ketones is 1. The molecule has 0 unspecified atom stereocenters. The van der Waals surface area contributed by atoms with Gasteiger partial charge in [-0.1, -0.05) is 11.6 Å². The average molecular weight is 281 g/mol. The van der Waals surface area contributed by atoms with Crippen LogP contribution in [0.3, 0.4) is 0 Å². The highest BCUT2D eigenvalue weighted by atomic mass is 35.5. The van der Waals surface area contributed by atoms with Crippen molar-refractivity contribution < 1.29 is 9.53 Å². The zero-order valence-electron chi connectivity index (χ0n) is 10.2.